The minimum absolute atomic E-state index is 0.734. The molecule has 0 bridgehead atoms. The van der Waals surface area contributed by atoms with Crippen LogP contribution in [-0.2, 0) is 6.54 Å². The van der Waals surface area contributed by atoms with Crippen molar-refractivity contribution < 1.29 is 0 Å². The van der Waals surface area contributed by atoms with Crippen molar-refractivity contribution in [2.45, 2.75) is 13.0 Å². The van der Waals surface area contributed by atoms with Crippen LogP contribution in [0.3, 0.4) is 0 Å². The number of benzene rings is 1. The monoisotopic (exact) mass is 236 g/mol. The number of hydrogen-bond acceptors (Lipinski definition) is 1. The van der Waals surface area contributed by atoms with Gasteiger partial charge < -0.3 is 9.88 Å². The van der Waals surface area contributed by atoms with Crippen molar-refractivity contribution in [3.63, 3.8) is 0 Å². The summed E-state index contributed by atoms with van der Waals surface area (Å²) in [6.07, 6.45) is 3.14. The molecule has 0 radical (unpaired) electrons. The first-order valence-corrected chi connectivity index (χ1v) is 6.14. The molecule has 0 fully saturated rings. The van der Waals surface area contributed by atoms with Crippen LogP contribution >= 0.6 is 11.6 Å². The lowest BCUT2D eigenvalue weighted by molar-refractivity contribution is 0.329. The summed E-state index contributed by atoms with van der Waals surface area (Å²) < 4.78 is 0. The lowest BCUT2D eigenvalue weighted by atomic mass is 10.1. The zero-order valence-corrected chi connectivity index (χ0v) is 10.3. The summed E-state index contributed by atoms with van der Waals surface area (Å²) >= 11 is 5.69. The maximum atomic E-state index is 5.69. The molecule has 2 rings (SSSR count). The van der Waals surface area contributed by atoms with E-state index in [4.69, 9.17) is 11.6 Å². The van der Waals surface area contributed by atoms with E-state index in [0.717, 1.165) is 25.4 Å². The smallest absolute Gasteiger partial charge is 0.0457 e. The van der Waals surface area contributed by atoms with E-state index in [1.54, 1.807) is 0 Å². The Morgan fingerprint density at radius 2 is 2.12 bits per heavy atom. The van der Waals surface area contributed by atoms with Crippen molar-refractivity contribution in [1.29, 1.82) is 0 Å². The number of hydrogen-bond donors (Lipinski definition) is 1. The van der Waals surface area contributed by atoms with Crippen LogP contribution in [0.4, 0.5) is 0 Å². The Kier molecular flexibility index (Phi) is 3.86. The van der Waals surface area contributed by atoms with Gasteiger partial charge in [0.15, 0.2) is 0 Å². The van der Waals surface area contributed by atoms with Crippen LogP contribution in [0.25, 0.3) is 10.9 Å². The lowest BCUT2D eigenvalue weighted by Crippen LogP contribution is -2.19. The van der Waals surface area contributed by atoms with Gasteiger partial charge >= 0.3 is 0 Å². The number of rotatable bonds is 5. The molecular weight excluding hydrogens is 220 g/mol. The quantitative estimate of drug-likeness (QED) is 0.790. The number of halogens is 1. The highest BCUT2D eigenvalue weighted by Gasteiger charge is 2.05. The largest absolute Gasteiger partial charge is 0.361 e. The molecule has 0 saturated heterocycles. The molecule has 3 heteroatoms. The van der Waals surface area contributed by atoms with E-state index in [2.05, 4.69) is 47.4 Å². The van der Waals surface area contributed by atoms with Crippen molar-refractivity contribution in [3.05, 3.63) is 36.0 Å². The Morgan fingerprint density at radius 3 is 2.94 bits per heavy atom. The third-order valence-electron chi connectivity index (χ3n) is 2.79. The molecular formula is C13H17ClN2. The van der Waals surface area contributed by atoms with Gasteiger partial charge in [-0.1, -0.05) is 18.2 Å². The van der Waals surface area contributed by atoms with Crippen LogP contribution < -0.4 is 0 Å². The molecule has 2 nitrogen and oxygen atoms in total. The molecule has 1 aromatic heterocycles. The number of nitrogens with zero attached hydrogens (tertiary/aromatic N) is 1. The predicted octanol–water partition coefficient (Wildman–Crippen LogP) is 3.23. The standard InChI is InChI=1S/C13H17ClN2/c1-16(8-4-7-14)10-11-9-15-13-6-3-2-5-12(11)13/h2-3,5-6,9,15H,4,7-8,10H2,1H3. The van der Waals surface area contributed by atoms with Crippen molar-refractivity contribution in [2.75, 3.05) is 19.5 Å². The number of H-pyrrole nitrogens is 1. The Balaban J connectivity index is 2.09. The van der Waals surface area contributed by atoms with Crippen LogP contribution in [0.5, 0.6) is 0 Å². The van der Waals surface area contributed by atoms with Gasteiger partial charge in [0, 0.05) is 29.5 Å². The van der Waals surface area contributed by atoms with E-state index >= 15 is 0 Å². The number of alkyl halides is 1. The van der Waals surface area contributed by atoms with Gasteiger partial charge in [0.1, 0.15) is 0 Å². The second kappa shape index (κ2) is 5.37. The van der Waals surface area contributed by atoms with Gasteiger partial charge in [0.05, 0.1) is 0 Å². The summed E-state index contributed by atoms with van der Waals surface area (Å²) in [7, 11) is 2.13. The number of fused-ring (bicyclic) bond motifs is 1. The highest BCUT2D eigenvalue weighted by Crippen LogP contribution is 2.18. The highest BCUT2D eigenvalue weighted by atomic mass is 35.5. The summed E-state index contributed by atoms with van der Waals surface area (Å²) in [6.45, 7) is 2.02. The Bertz CT molecular complexity index is 450. The van der Waals surface area contributed by atoms with Gasteiger partial charge in [-0.2, -0.15) is 0 Å². The Morgan fingerprint density at radius 1 is 1.31 bits per heavy atom. The van der Waals surface area contributed by atoms with Crippen LogP contribution in [0.1, 0.15) is 12.0 Å². The average Bonchev–Trinajstić information content (AvgIpc) is 2.70. The topological polar surface area (TPSA) is 19.0 Å². The second-order valence-electron chi connectivity index (χ2n) is 4.14. The van der Waals surface area contributed by atoms with Crippen LogP contribution in [0.15, 0.2) is 30.5 Å². The van der Waals surface area contributed by atoms with Gasteiger partial charge in [-0.15, -0.1) is 11.6 Å². The SMILES string of the molecule is CN(CCCCl)Cc1c[nH]c2ccccc12. The molecule has 0 aliphatic rings. The molecule has 1 heterocycles. The van der Waals surface area contributed by atoms with Crippen molar-refractivity contribution in [3.8, 4) is 0 Å². The van der Waals surface area contributed by atoms with E-state index in [0.29, 0.717) is 0 Å². The molecule has 0 spiro atoms. The third-order valence-corrected chi connectivity index (χ3v) is 3.06. The highest BCUT2D eigenvalue weighted by molar-refractivity contribution is 6.17. The molecule has 86 valence electrons. The van der Waals surface area contributed by atoms with Gasteiger partial charge in [0.2, 0.25) is 0 Å². The van der Waals surface area contributed by atoms with Gasteiger partial charge in [0.25, 0.3) is 0 Å². The third kappa shape index (κ3) is 2.57. The summed E-state index contributed by atoms with van der Waals surface area (Å²) in [5.74, 6) is 0.734. The van der Waals surface area contributed by atoms with E-state index in [9.17, 15) is 0 Å². The molecule has 0 atom stereocenters. The normalized spacial score (nSPS) is 11.4. The molecule has 0 saturated carbocycles. The summed E-state index contributed by atoms with van der Waals surface area (Å²) in [5, 5.41) is 1.32. The first-order valence-electron chi connectivity index (χ1n) is 5.61. The first-order chi connectivity index (χ1) is 7.81. The summed E-state index contributed by atoms with van der Waals surface area (Å²) in [4.78, 5) is 5.60. The number of aromatic amines is 1. The van der Waals surface area contributed by atoms with Crippen molar-refractivity contribution in [2.24, 2.45) is 0 Å². The summed E-state index contributed by atoms with van der Waals surface area (Å²) in [6, 6.07) is 8.41. The number of para-hydroxylation sites is 1. The molecule has 1 N–H and O–H groups in total. The fourth-order valence-corrected chi connectivity index (χ4v) is 2.08. The van der Waals surface area contributed by atoms with Crippen molar-refractivity contribution >= 4 is 22.5 Å². The van der Waals surface area contributed by atoms with Crippen LogP contribution in [0, 0.1) is 0 Å². The predicted molar refractivity (Wildman–Crippen MR) is 70.0 cm³/mol. The van der Waals surface area contributed by atoms with Gasteiger partial charge in [-0.3, -0.25) is 0 Å². The Labute approximate surface area is 101 Å². The molecule has 0 amide bonds. The maximum Gasteiger partial charge on any atom is 0.0457 e. The first kappa shape index (κ1) is 11.5. The zero-order chi connectivity index (χ0) is 11.4. The van der Waals surface area contributed by atoms with Crippen LogP contribution in [-0.4, -0.2) is 29.4 Å². The van der Waals surface area contributed by atoms with E-state index in [1.807, 2.05) is 0 Å². The molecule has 0 aliphatic heterocycles. The lowest BCUT2D eigenvalue weighted by Gasteiger charge is -2.15. The average molecular weight is 237 g/mol. The molecule has 1 aromatic carbocycles. The zero-order valence-electron chi connectivity index (χ0n) is 9.54. The van der Waals surface area contributed by atoms with E-state index in [1.165, 1.54) is 16.5 Å². The van der Waals surface area contributed by atoms with E-state index in [-0.39, 0.29) is 0 Å². The van der Waals surface area contributed by atoms with Crippen LogP contribution in [0.2, 0.25) is 0 Å². The fourth-order valence-electron chi connectivity index (χ4n) is 1.96. The van der Waals surface area contributed by atoms with Gasteiger partial charge in [-0.25, -0.2) is 0 Å². The molecule has 16 heavy (non-hydrogen) atoms. The summed E-state index contributed by atoms with van der Waals surface area (Å²) in [5.41, 5.74) is 2.57. The minimum atomic E-state index is 0.734. The number of aromatic nitrogens is 1. The fraction of sp³-hybridized carbons (Fsp3) is 0.385. The van der Waals surface area contributed by atoms with Crippen molar-refractivity contribution in [1.82, 2.24) is 9.88 Å². The Hall–Kier alpha value is -0.990. The number of nitrogens with one attached hydrogen (secondary N) is 1. The van der Waals surface area contributed by atoms with E-state index < -0.39 is 0 Å². The van der Waals surface area contributed by atoms with Gasteiger partial charge in [-0.05, 0) is 31.6 Å². The molecule has 0 aliphatic carbocycles. The minimum Gasteiger partial charge on any atom is -0.361 e. The second-order valence-corrected chi connectivity index (χ2v) is 4.52. The maximum absolute atomic E-state index is 5.69. The molecule has 2 aromatic rings. The molecule has 0 unspecified atom stereocenters.